The molecule has 0 aliphatic heterocycles. The molecular weight excluding hydrogens is 527 g/mol. The minimum Gasteiger partial charge on any atom is -0.399 e. The monoisotopic (exact) mass is 540 g/mol. The number of halogens is 6. The molecule has 0 saturated carbocycles. The predicted octanol–water partition coefficient (Wildman–Crippen LogP) is 7.38. The number of oxime groups is 1. The van der Waals surface area contributed by atoms with Gasteiger partial charge in [-0.15, -0.1) is 11.3 Å². The first kappa shape index (κ1) is 24.9. The minimum atomic E-state index is -4.82. The first-order valence-electron chi connectivity index (χ1n) is 9.80. The van der Waals surface area contributed by atoms with Crippen molar-refractivity contribution in [2.45, 2.75) is 6.18 Å². The number of hydrogen-bond donors (Lipinski definition) is 0. The van der Waals surface area contributed by atoms with Gasteiger partial charge in [0.15, 0.2) is 5.69 Å². The van der Waals surface area contributed by atoms with Crippen LogP contribution in [0, 0.1) is 5.82 Å². The molecule has 5 nitrogen and oxygen atoms in total. The lowest BCUT2D eigenvalue weighted by molar-refractivity contribution is -0.142. The molecule has 180 valence electrons. The van der Waals surface area contributed by atoms with E-state index in [0.717, 1.165) is 23.6 Å². The van der Waals surface area contributed by atoms with Crippen LogP contribution in [0.5, 0.6) is 0 Å². The summed E-state index contributed by atoms with van der Waals surface area (Å²) in [6, 6.07) is 9.99. The van der Waals surface area contributed by atoms with E-state index >= 15 is 0 Å². The number of para-hydroxylation sites is 1. The second-order valence-electron chi connectivity index (χ2n) is 6.92. The zero-order valence-electron chi connectivity index (χ0n) is 17.7. The first-order valence-corrected chi connectivity index (χ1v) is 11.4. The van der Waals surface area contributed by atoms with Crippen LogP contribution in [0.4, 0.5) is 17.6 Å². The third-order valence-corrected chi connectivity index (χ3v) is 6.19. The molecule has 0 fully saturated rings. The Kier molecular flexibility index (Phi) is 7.25. The van der Waals surface area contributed by atoms with Crippen LogP contribution in [0.15, 0.2) is 65.4 Å². The molecule has 0 N–H and O–H groups in total. The summed E-state index contributed by atoms with van der Waals surface area (Å²) in [5.74, 6) is -0.737. The maximum atomic E-state index is 14.8. The molecule has 0 unspecified atom stereocenters. The molecule has 35 heavy (non-hydrogen) atoms. The molecule has 2 aromatic carbocycles. The fraction of sp³-hybridized carbons (Fsp3) is 0.0870. The van der Waals surface area contributed by atoms with Crippen molar-refractivity contribution >= 4 is 51.9 Å². The zero-order chi connectivity index (χ0) is 25.2. The van der Waals surface area contributed by atoms with Gasteiger partial charge in [0.2, 0.25) is 0 Å². The van der Waals surface area contributed by atoms with Crippen molar-refractivity contribution in [2.24, 2.45) is 5.16 Å². The van der Waals surface area contributed by atoms with E-state index in [2.05, 4.69) is 15.2 Å². The highest BCUT2D eigenvalue weighted by molar-refractivity contribution is 7.11. The highest BCUT2D eigenvalue weighted by Gasteiger charge is 2.39. The van der Waals surface area contributed by atoms with Crippen molar-refractivity contribution in [2.75, 3.05) is 7.11 Å². The van der Waals surface area contributed by atoms with E-state index in [-0.39, 0.29) is 43.2 Å². The van der Waals surface area contributed by atoms with Gasteiger partial charge < -0.3 is 4.84 Å². The maximum Gasteiger partial charge on any atom is 0.434 e. The van der Waals surface area contributed by atoms with E-state index in [0.29, 0.717) is 4.68 Å². The summed E-state index contributed by atoms with van der Waals surface area (Å²) >= 11 is 13.5. The Hall–Kier alpha value is -3.21. The molecule has 0 saturated heterocycles. The van der Waals surface area contributed by atoms with E-state index in [4.69, 9.17) is 28.0 Å². The van der Waals surface area contributed by atoms with Crippen LogP contribution in [0.2, 0.25) is 10.0 Å². The quantitative estimate of drug-likeness (QED) is 0.145. The molecular formula is C23H14Cl2F4N4OS. The van der Waals surface area contributed by atoms with Crippen molar-refractivity contribution in [1.82, 2.24) is 14.8 Å². The fourth-order valence-electron chi connectivity index (χ4n) is 3.34. The molecule has 4 rings (SSSR count). The van der Waals surface area contributed by atoms with Crippen LogP contribution in [-0.4, -0.2) is 27.6 Å². The van der Waals surface area contributed by atoms with Crippen LogP contribution < -0.4 is 0 Å². The number of rotatable bonds is 6. The third kappa shape index (κ3) is 5.09. The summed E-state index contributed by atoms with van der Waals surface area (Å²) in [4.78, 5) is 9.10. The molecule has 0 amide bonds. The van der Waals surface area contributed by atoms with Crippen molar-refractivity contribution in [1.29, 1.82) is 0 Å². The molecule has 0 radical (unpaired) electrons. The van der Waals surface area contributed by atoms with Crippen LogP contribution >= 0.6 is 34.5 Å². The number of nitrogens with zero attached hydrogens (tertiary/aromatic N) is 4. The first-order chi connectivity index (χ1) is 16.7. The molecule has 2 aromatic heterocycles. The molecule has 2 heterocycles. The zero-order valence-corrected chi connectivity index (χ0v) is 20.1. The second-order valence-corrected chi connectivity index (χ2v) is 8.63. The maximum absolute atomic E-state index is 14.8. The van der Waals surface area contributed by atoms with Gasteiger partial charge in [-0.2, -0.15) is 18.3 Å². The Bertz CT molecular complexity index is 1400. The second kappa shape index (κ2) is 10.2. The Morgan fingerprint density at radius 3 is 2.49 bits per heavy atom. The summed E-state index contributed by atoms with van der Waals surface area (Å²) < 4.78 is 58.3. The molecule has 12 heteroatoms. The number of hydrogen-bond acceptors (Lipinski definition) is 5. The summed E-state index contributed by atoms with van der Waals surface area (Å²) in [6.45, 7) is 0. The topological polar surface area (TPSA) is 52.3 Å². The van der Waals surface area contributed by atoms with Gasteiger partial charge >= 0.3 is 6.18 Å². The van der Waals surface area contributed by atoms with Gasteiger partial charge in [-0.1, -0.05) is 46.6 Å². The molecule has 0 spiro atoms. The Labute approximate surface area is 210 Å². The van der Waals surface area contributed by atoms with Crippen LogP contribution in [-0.2, 0) is 11.0 Å². The van der Waals surface area contributed by atoms with E-state index in [1.165, 1.54) is 43.6 Å². The van der Waals surface area contributed by atoms with Crippen molar-refractivity contribution in [3.05, 3.63) is 97.9 Å². The fourth-order valence-corrected chi connectivity index (χ4v) is 4.47. The van der Waals surface area contributed by atoms with Gasteiger partial charge in [0.1, 0.15) is 23.6 Å². The Morgan fingerprint density at radius 2 is 1.86 bits per heavy atom. The number of allylic oxidation sites excluding steroid dienone is 1. The summed E-state index contributed by atoms with van der Waals surface area (Å²) in [5, 5.41) is 9.80. The van der Waals surface area contributed by atoms with Gasteiger partial charge in [-0.3, -0.25) is 0 Å². The SMILES string of the molecule is CO/N=C(\C(=C\c1cnn(-c2ccccc2Cl)c1C(F)(F)F)c1nccs1)c1c(F)cccc1Cl. The predicted molar refractivity (Wildman–Crippen MR) is 129 cm³/mol. The number of thiazole rings is 1. The average molecular weight is 541 g/mol. The van der Waals surface area contributed by atoms with Gasteiger partial charge in [0.05, 0.1) is 27.5 Å². The normalized spacial score (nSPS) is 12.8. The van der Waals surface area contributed by atoms with Crippen LogP contribution in [0.3, 0.4) is 0 Å². The highest BCUT2D eigenvalue weighted by atomic mass is 35.5. The number of benzene rings is 2. The smallest absolute Gasteiger partial charge is 0.399 e. The summed E-state index contributed by atoms with van der Waals surface area (Å²) in [7, 11) is 1.23. The average Bonchev–Trinajstić information content (AvgIpc) is 3.47. The minimum absolute atomic E-state index is 0.00827. The Morgan fingerprint density at radius 1 is 1.11 bits per heavy atom. The van der Waals surface area contributed by atoms with Crippen molar-refractivity contribution in [3.63, 3.8) is 0 Å². The number of alkyl halides is 3. The van der Waals surface area contributed by atoms with Crippen LogP contribution in [0.25, 0.3) is 17.3 Å². The van der Waals surface area contributed by atoms with Crippen LogP contribution in [0.1, 0.15) is 21.8 Å². The van der Waals surface area contributed by atoms with Crippen molar-refractivity contribution in [3.8, 4) is 5.69 Å². The molecule has 0 bridgehead atoms. The lowest BCUT2D eigenvalue weighted by Crippen LogP contribution is -2.15. The molecule has 0 aliphatic carbocycles. The highest BCUT2D eigenvalue weighted by Crippen LogP contribution is 2.38. The largest absolute Gasteiger partial charge is 0.434 e. The van der Waals surface area contributed by atoms with Crippen molar-refractivity contribution < 1.29 is 22.4 Å². The van der Waals surface area contributed by atoms with Gasteiger partial charge in [0, 0.05) is 22.7 Å². The van der Waals surface area contributed by atoms with Gasteiger partial charge in [0.25, 0.3) is 0 Å². The standard InChI is InChI=1S/C23H14Cl2F4N4OS/c1-34-32-20(19-16(25)6-4-7-17(19)26)14(22-30-9-10-35-22)11-13-12-31-33(21(13)23(27,28)29)18-8-3-2-5-15(18)24/h2-12H,1H3/b14-11-,32-20+. The lowest BCUT2D eigenvalue weighted by Gasteiger charge is -2.14. The molecule has 4 aromatic rings. The van der Waals surface area contributed by atoms with E-state index in [1.54, 1.807) is 17.5 Å². The summed E-state index contributed by atoms with van der Waals surface area (Å²) in [5.41, 5.74) is -1.60. The Balaban J connectivity index is 2.00. The third-order valence-electron chi connectivity index (χ3n) is 4.75. The molecule has 0 aliphatic rings. The lowest BCUT2D eigenvalue weighted by atomic mass is 9.99. The molecule has 0 atom stereocenters. The number of aromatic nitrogens is 3. The van der Waals surface area contributed by atoms with E-state index in [9.17, 15) is 17.6 Å². The van der Waals surface area contributed by atoms with E-state index < -0.39 is 17.7 Å². The van der Waals surface area contributed by atoms with Gasteiger partial charge in [-0.05, 0) is 30.3 Å². The summed E-state index contributed by atoms with van der Waals surface area (Å²) in [6.07, 6.45) is -1.15. The van der Waals surface area contributed by atoms with Gasteiger partial charge in [-0.25, -0.2) is 14.1 Å². The van der Waals surface area contributed by atoms with E-state index in [1.807, 2.05) is 0 Å².